The lowest BCUT2D eigenvalue weighted by Crippen LogP contribution is -2.45. The first-order chi connectivity index (χ1) is 10.7. The van der Waals surface area contributed by atoms with E-state index in [1.54, 1.807) is 12.1 Å². The average Bonchev–Trinajstić information content (AvgIpc) is 2.55. The van der Waals surface area contributed by atoms with Crippen molar-refractivity contribution < 1.29 is 14.6 Å². The fourth-order valence-electron chi connectivity index (χ4n) is 2.55. The van der Waals surface area contributed by atoms with Crippen LogP contribution in [0.2, 0.25) is 0 Å². The highest BCUT2D eigenvalue weighted by atomic mass is 16.5. The van der Waals surface area contributed by atoms with E-state index in [1.165, 1.54) is 0 Å². The maximum absolute atomic E-state index is 11.9. The summed E-state index contributed by atoms with van der Waals surface area (Å²) < 4.78 is 5.53. The third-order valence-corrected chi connectivity index (χ3v) is 3.73. The van der Waals surface area contributed by atoms with Crippen LogP contribution in [0.4, 0.5) is 10.5 Å². The maximum atomic E-state index is 11.9. The summed E-state index contributed by atoms with van der Waals surface area (Å²) in [6, 6.07) is 16.2. The van der Waals surface area contributed by atoms with Gasteiger partial charge in [0.05, 0.1) is 13.2 Å². The van der Waals surface area contributed by atoms with Crippen molar-refractivity contribution in [3.8, 4) is 5.75 Å². The summed E-state index contributed by atoms with van der Waals surface area (Å²) >= 11 is 0. The first-order valence-electron chi connectivity index (χ1n) is 7.22. The van der Waals surface area contributed by atoms with E-state index in [2.05, 4.69) is 10.6 Å². The Hall–Kier alpha value is -2.53. The topological polar surface area (TPSA) is 70.6 Å². The number of nitrogens with one attached hydrogen (secondary N) is 2. The molecule has 0 fully saturated rings. The number of amides is 2. The second-order valence-corrected chi connectivity index (χ2v) is 5.30. The Labute approximate surface area is 128 Å². The molecule has 1 heterocycles. The van der Waals surface area contributed by atoms with Crippen LogP contribution in [-0.4, -0.2) is 24.3 Å². The number of ether oxygens (including phenoxy) is 1. The smallest absolute Gasteiger partial charge is 0.319 e. The van der Waals surface area contributed by atoms with Gasteiger partial charge in [-0.2, -0.15) is 0 Å². The second kappa shape index (κ2) is 6.07. The number of rotatable bonds is 3. The maximum Gasteiger partial charge on any atom is 0.319 e. The molecule has 0 aromatic heterocycles. The molecular formula is C17H18N2O3. The molecule has 0 bridgehead atoms. The Morgan fingerprint density at radius 2 is 1.86 bits per heavy atom. The monoisotopic (exact) mass is 298 g/mol. The van der Waals surface area contributed by atoms with Crippen molar-refractivity contribution in [1.82, 2.24) is 5.32 Å². The standard InChI is InChI=1S/C17H18N2O3/c20-16(19-13-6-2-1-3-7-13)18-12-17(21)10-11-22-15-9-5-4-8-14(15)17/h1-9,21H,10-12H2,(H2,18,19,20). The summed E-state index contributed by atoms with van der Waals surface area (Å²) in [5, 5.41) is 16.3. The number of hydrogen-bond acceptors (Lipinski definition) is 3. The van der Waals surface area contributed by atoms with Crippen LogP contribution < -0.4 is 15.4 Å². The van der Waals surface area contributed by atoms with E-state index >= 15 is 0 Å². The van der Waals surface area contributed by atoms with Gasteiger partial charge in [-0.05, 0) is 18.2 Å². The van der Waals surface area contributed by atoms with E-state index in [0.717, 1.165) is 0 Å². The summed E-state index contributed by atoms with van der Waals surface area (Å²) in [4.78, 5) is 11.9. The molecule has 0 saturated carbocycles. The van der Waals surface area contributed by atoms with Crippen molar-refractivity contribution in [3.63, 3.8) is 0 Å². The number of anilines is 1. The van der Waals surface area contributed by atoms with Crippen LogP contribution in [0.15, 0.2) is 54.6 Å². The van der Waals surface area contributed by atoms with Gasteiger partial charge in [-0.15, -0.1) is 0 Å². The minimum Gasteiger partial charge on any atom is -0.493 e. The molecule has 5 nitrogen and oxygen atoms in total. The largest absolute Gasteiger partial charge is 0.493 e. The number of aliphatic hydroxyl groups is 1. The predicted octanol–water partition coefficient (Wildman–Crippen LogP) is 2.48. The minimum atomic E-state index is -1.11. The lowest BCUT2D eigenvalue weighted by atomic mass is 9.88. The predicted molar refractivity (Wildman–Crippen MR) is 83.9 cm³/mol. The van der Waals surface area contributed by atoms with Crippen LogP contribution in [-0.2, 0) is 5.60 Å². The summed E-state index contributed by atoms with van der Waals surface area (Å²) in [7, 11) is 0. The Bertz CT molecular complexity index is 660. The minimum absolute atomic E-state index is 0.131. The average molecular weight is 298 g/mol. The number of benzene rings is 2. The van der Waals surface area contributed by atoms with Crippen molar-refractivity contribution in [3.05, 3.63) is 60.2 Å². The number of fused-ring (bicyclic) bond motifs is 1. The van der Waals surface area contributed by atoms with Gasteiger partial charge in [0.2, 0.25) is 0 Å². The Kier molecular flexibility index (Phi) is 3.98. The van der Waals surface area contributed by atoms with E-state index in [9.17, 15) is 9.90 Å². The van der Waals surface area contributed by atoms with Gasteiger partial charge in [-0.25, -0.2) is 4.79 Å². The van der Waals surface area contributed by atoms with Crippen molar-refractivity contribution in [2.75, 3.05) is 18.5 Å². The molecule has 1 aliphatic rings. The van der Waals surface area contributed by atoms with E-state index in [-0.39, 0.29) is 12.6 Å². The van der Waals surface area contributed by atoms with Crippen LogP contribution in [0, 0.1) is 0 Å². The molecule has 2 amide bonds. The van der Waals surface area contributed by atoms with Crippen molar-refractivity contribution in [2.45, 2.75) is 12.0 Å². The SMILES string of the molecule is O=C(NCC1(O)CCOc2ccccc21)Nc1ccccc1. The molecule has 2 aromatic carbocycles. The molecule has 1 atom stereocenters. The summed E-state index contributed by atoms with van der Waals surface area (Å²) in [5.74, 6) is 0.668. The van der Waals surface area contributed by atoms with Crippen molar-refractivity contribution in [2.24, 2.45) is 0 Å². The van der Waals surface area contributed by atoms with Crippen molar-refractivity contribution in [1.29, 1.82) is 0 Å². The van der Waals surface area contributed by atoms with Gasteiger partial charge in [-0.3, -0.25) is 0 Å². The molecule has 1 aliphatic heterocycles. The molecule has 2 aromatic rings. The van der Waals surface area contributed by atoms with Crippen LogP contribution >= 0.6 is 0 Å². The van der Waals surface area contributed by atoms with Crippen LogP contribution in [0.5, 0.6) is 5.75 Å². The van der Waals surface area contributed by atoms with E-state index in [1.807, 2.05) is 42.5 Å². The summed E-state index contributed by atoms with van der Waals surface area (Å²) in [5.41, 5.74) is 0.309. The summed E-state index contributed by atoms with van der Waals surface area (Å²) in [6.45, 7) is 0.557. The zero-order valence-corrected chi connectivity index (χ0v) is 12.1. The molecular weight excluding hydrogens is 280 g/mol. The number of hydrogen-bond donors (Lipinski definition) is 3. The lowest BCUT2D eigenvalue weighted by Gasteiger charge is -2.34. The first kappa shape index (κ1) is 14.4. The number of para-hydroxylation sites is 2. The van der Waals surface area contributed by atoms with Crippen molar-refractivity contribution >= 4 is 11.7 Å². The molecule has 0 aliphatic carbocycles. The van der Waals surface area contributed by atoms with E-state index in [4.69, 9.17) is 4.74 Å². The molecule has 5 heteroatoms. The highest BCUT2D eigenvalue weighted by molar-refractivity contribution is 5.89. The molecule has 0 radical (unpaired) electrons. The number of carbonyl (C=O) groups excluding carboxylic acids is 1. The van der Waals surface area contributed by atoms with Gasteiger partial charge in [0.1, 0.15) is 11.4 Å². The van der Waals surface area contributed by atoms with Crippen LogP contribution in [0.3, 0.4) is 0 Å². The van der Waals surface area contributed by atoms with Gasteiger partial charge < -0.3 is 20.5 Å². The van der Waals surface area contributed by atoms with E-state index < -0.39 is 5.60 Å². The fraction of sp³-hybridized carbons (Fsp3) is 0.235. The molecule has 114 valence electrons. The third-order valence-electron chi connectivity index (χ3n) is 3.73. The Balaban J connectivity index is 1.65. The normalized spacial score (nSPS) is 19.7. The third kappa shape index (κ3) is 3.04. The van der Waals surface area contributed by atoms with Gasteiger partial charge in [0.15, 0.2) is 0 Å². The van der Waals surface area contributed by atoms with Gasteiger partial charge in [0, 0.05) is 17.7 Å². The van der Waals surface area contributed by atoms with Gasteiger partial charge in [0.25, 0.3) is 0 Å². The Morgan fingerprint density at radius 1 is 1.14 bits per heavy atom. The quantitative estimate of drug-likeness (QED) is 0.815. The molecule has 3 N–H and O–H groups in total. The first-order valence-corrected chi connectivity index (χ1v) is 7.22. The van der Waals surface area contributed by atoms with Gasteiger partial charge in [-0.1, -0.05) is 36.4 Å². The highest BCUT2D eigenvalue weighted by Gasteiger charge is 2.35. The fourth-order valence-corrected chi connectivity index (χ4v) is 2.55. The Morgan fingerprint density at radius 3 is 2.68 bits per heavy atom. The zero-order chi connectivity index (χ0) is 15.4. The van der Waals surface area contributed by atoms with Crippen LogP contribution in [0.25, 0.3) is 0 Å². The highest BCUT2D eigenvalue weighted by Crippen LogP contribution is 2.36. The molecule has 22 heavy (non-hydrogen) atoms. The lowest BCUT2D eigenvalue weighted by molar-refractivity contribution is 0.000399. The van der Waals surface area contributed by atoms with E-state index in [0.29, 0.717) is 30.0 Å². The molecule has 1 unspecified atom stereocenters. The molecule has 0 saturated heterocycles. The zero-order valence-electron chi connectivity index (χ0n) is 12.1. The van der Waals surface area contributed by atoms with Crippen LogP contribution in [0.1, 0.15) is 12.0 Å². The molecule has 3 rings (SSSR count). The van der Waals surface area contributed by atoms with Gasteiger partial charge >= 0.3 is 6.03 Å². The molecule has 0 spiro atoms. The number of urea groups is 1. The number of carbonyl (C=O) groups is 1. The second-order valence-electron chi connectivity index (χ2n) is 5.30. The summed E-state index contributed by atoms with van der Waals surface area (Å²) in [6.07, 6.45) is 0.440.